The summed E-state index contributed by atoms with van der Waals surface area (Å²) in [6.45, 7) is 1.92. The van der Waals surface area contributed by atoms with Crippen LogP contribution in [0.1, 0.15) is 6.92 Å². The molecule has 2 aliphatic heterocycles. The molecule has 0 aliphatic carbocycles. The lowest BCUT2D eigenvalue weighted by atomic mass is 10.00. The third-order valence-electron chi connectivity index (χ3n) is 2.05. The van der Waals surface area contributed by atoms with Crippen LogP contribution in [0.5, 0.6) is 0 Å². The van der Waals surface area contributed by atoms with Crippen LogP contribution in [-0.4, -0.2) is 28.9 Å². The van der Waals surface area contributed by atoms with Gasteiger partial charge in [-0.15, -0.1) is 0 Å². The van der Waals surface area contributed by atoms with E-state index in [2.05, 4.69) is 15.0 Å². The second-order valence-electron chi connectivity index (χ2n) is 3.00. The van der Waals surface area contributed by atoms with Crippen molar-refractivity contribution in [3.63, 3.8) is 0 Å². The molecule has 1 amide bonds. The van der Waals surface area contributed by atoms with Crippen LogP contribution in [-0.2, 0) is 4.79 Å². The predicted molar refractivity (Wildman–Crippen MR) is 59.1 cm³/mol. The number of carbonyl (C=O) groups is 1. The molecule has 0 radical (unpaired) electrons. The summed E-state index contributed by atoms with van der Waals surface area (Å²) in [5.41, 5.74) is 0.937. The molecule has 14 heavy (non-hydrogen) atoms. The lowest BCUT2D eigenvalue weighted by Crippen LogP contribution is -2.27. The summed E-state index contributed by atoms with van der Waals surface area (Å²) >= 11 is 1.45. The van der Waals surface area contributed by atoms with E-state index in [1.54, 1.807) is 6.08 Å². The summed E-state index contributed by atoms with van der Waals surface area (Å²) in [5, 5.41) is 0.667. The summed E-state index contributed by atoms with van der Waals surface area (Å²) < 4.78 is 0. The molecular formula is C9H9N3OS. The first kappa shape index (κ1) is 9.33. The van der Waals surface area contributed by atoms with Gasteiger partial charge < -0.3 is 0 Å². The zero-order valence-electron chi connectivity index (χ0n) is 7.89. The first-order chi connectivity index (χ1) is 6.70. The van der Waals surface area contributed by atoms with E-state index in [9.17, 15) is 4.79 Å². The van der Waals surface area contributed by atoms with Crippen LogP contribution in [0.3, 0.4) is 0 Å². The SMILES string of the molecule is CSC1=NC2=NC(=O)C=CC2C(C)=N1. The maximum Gasteiger partial charge on any atom is 0.271 e. The molecule has 72 valence electrons. The van der Waals surface area contributed by atoms with E-state index in [1.165, 1.54) is 17.8 Å². The molecular weight excluding hydrogens is 198 g/mol. The number of fused-ring (bicyclic) bond motifs is 1. The molecule has 0 saturated heterocycles. The molecule has 2 heterocycles. The average Bonchev–Trinajstić information content (AvgIpc) is 2.16. The number of amidine groups is 2. The Bertz CT molecular complexity index is 406. The molecule has 0 fully saturated rings. The molecule has 1 atom stereocenters. The standard InChI is InChI=1S/C9H9N3OS/c1-5-6-3-4-7(13)11-8(6)12-9(10-5)14-2/h3-4,6H,1-2H3. The van der Waals surface area contributed by atoms with E-state index in [0.717, 1.165) is 5.71 Å². The Morgan fingerprint density at radius 1 is 1.36 bits per heavy atom. The van der Waals surface area contributed by atoms with Crippen molar-refractivity contribution >= 4 is 34.4 Å². The fourth-order valence-electron chi connectivity index (χ4n) is 1.34. The van der Waals surface area contributed by atoms with Gasteiger partial charge in [0.15, 0.2) is 5.17 Å². The fourth-order valence-corrected chi connectivity index (χ4v) is 1.76. The average molecular weight is 207 g/mol. The molecule has 5 heteroatoms. The molecule has 0 aromatic carbocycles. The van der Waals surface area contributed by atoms with Crippen molar-refractivity contribution in [3.05, 3.63) is 12.2 Å². The minimum atomic E-state index is -0.241. The zero-order chi connectivity index (χ0) is 10.1. The number of hydrogen-bond acceptors (Lipinski definition) is 4. The molecule has 0 aromatic heterocycles. The summed E-state index contributed by atoms with van der Waals surface area (Å²) in [7, 11) is 0. The van der Waals surface area contributed by atoms with Gasteiger partial charge in [0.2, 0.25) is 0 Å². The van der Waals surface area contributed by atoms with E-state index in [1.807, 2.05) is 13.2 Å². The van der Waals surface area contributed by atoms with E-state index < -0.39 is 0 Å². The van der Waals surface area contributed by atoms with Gasteiger partial charge in [0, 0.05) is 11.8 Å². The fraction of sp³-hybridized carbons (Fsp3) is 0.333. The number of carbonyl (C=O) groups excluding carboxylic acids is 1. The number of aliphatic imine (C=N–C) groups is 3. The summed E-state index contributed by atoms with van der Waals surface area (Å²) in [4.78, 5) is 23.4. The van der Waals surface area contributed by atoms with Crippen LogP contribution in [0.25, 0.3) is 0 Å². The van der Waals surface area contributed by atoms with Crippen LogP contribution in [0, 0.1) is 5.92 Å². The highest BCUT2D eigenvalue weighted by Gasteiger charge is 2.24. The summed E-state index contributed by atoms with van der Waals surface area (Å²) in [6, 6.07) is 0. The van der Waals surface area contributed by atoms with Crippen molar-refractivity contribution in [2.75, 3.05) is 6.26 Å². The number of dihydropyridines is 1. The van der Waals surface area contributed by atoms with E-state index in [-0.39, 0.29) is 11.8 Å². The number of thioether (sulfide) groups is 1. The monoisotopic (exact) mass is 207 g/mol. The normalized spacial score (nSPS) is 25.1. The van der Waals surface area contributed by atoms with Gasteiger partial charge in [0.25, 0.3) is 5.91 Å². The molecule has 0 N–H and O–H groups in total. The molecule has 0 aromatic rings. The number of hydrogen-bond donors (Lipinski definition) is 0. The summed E-state index contributed by atoms with van der Waals surface area (Å²) in [6.07, 6.45) is 5.16. The second-order valence-corrected chi connectivity index (χ2v) is 3.77. The Morgan fingerprint density at radius 2 is 2.14 bits per heavy atom. The van der Waals surface area contributed by atoms with E-state index >= 15 is 0 Å². The third-order valence-corrected chi connectivity index (χ3v) is 2.60. The quantitative estimate of drug-likeness (QED) is 0.601. The lowest BCUT2D eigenvalue weighted by molar-refractivity contribution is -0.113. The van der Waals surface area contributed by atoms with Crippen LogP contribution in [0.15, 0.2) is 27.1 Å². The largest absolute Gasteiger partial charge is 0.271 e. The highest BCUT2D eigenvalue weighted by molar-refractivity contribution is 8.13. The third kappa shape index (κ3) is 1.55. The van der Waals surface area contributed by atoms with Gasteiger partial charge in [0.1, 0.15) is 5.84 Å². The van der Waals surface area contributed by atoms with Crippen LogP contribution < -0.4 is 0 Å². The zero-order valence-corrected chi connectivity index (χ0v) is 8.71. The van der Waals surface area contributed by atoms with Gasteiger partial charge in [-0.25, -0.2) is 9.98 Å². The van der Waals surface area contributed by atoms with Crippen LogP contribution in [0.4, 0.5) is 0 Å². The number of amides is 1. The van der Waals surface area contributed by atoms with Crippen molar-refractivity contribution in [1.29, 1.82) is 0 Å². The second kappa shape index (κ2) is 3.49. The van der Waals surface area contributed by atoms with Gasteiger partial charge in [0.05, 0.1) is 5.92 Å². The maximum absolute atomic E-state index is 11.0. The first-order valence-corrected chi connectivity index (χ1v) is 5.42. The molecule has 2 rings (SSSR count). The minimum Gasteiger partial charge on any atom is -0.267 e. The highest BCUT2D eigenvalue weighted by Crippen LogP contribution is 2.19. The summed E-state index contributed by atoms with van der Waals surface area (Å²) in [5.74, 6) is 0.313. The smallest absolute Gasteiger partial charge is 0.267 e. The Balaban J connectivity index is 2.41. The topological polar surface area (TPSA) is 54.1 Å². The van der Waals surface area contributed by atoms with Crippen molar-refractivity contribution in [2.45, 2.75) is 6.92 Å². The van der Waals surface area contributed by atoms with Crippen LogP contribution >= 0.6 is 11.8 Å². The van der Waals surface area contributed by atoms with Gasteiger partial charge in [-0.1, -0.05) is 17.8 Å². The molecule has 0 bridgehead atoms. The highest BCUT2D eigenvalue weighted by atomic mass is 32.2. The Hall–Kier alpha value is -1.23. The van der Waals surface area contributed by atoms with Crippen molar-refractivity contribution in [3.8, 4) is 0 Å². The Labute approximate surface area is 85.9 Å². The maximum atomic E-state index is 11.0. The molecule has 0 spiro atoms. The molecule has 2 aliphatic rings. The van der Waals surface area contributed by atoms with Crippen molar-refractivity contribution in [2.24, 2.45) is 20.9 Å². The van der Waals surface area contributed by atoms with E-state index in [4.69, 9.17) is 0 Å². The van der Waals surface area contributed by atoms with Gasteiger partial charge >= 0.3 is 0 Å². The van der Waals surface area contributed by atoms with Gasteiger partial charge in [-0.2, -0.15) is 4.99 Å². The van der Waals surface area contributed by atoms with Gasteiger partial charge in [-0.05, 0) is 13.2 Å². The Morgan fingerprint density at radius 3 is 2.86 bits per heavy atom. The van der Waals surface area contributed by atoms with Crippen molar-refractivity contribution < 1.29 is 4.79 Å². The molecule has 0 saturated carbocycles. The van der Waals surface area contributed by atoms with E-state index in [0.29, 0.717) is 11.0 Å². The minimum absolute atomic E-state index is 0.0106. The molecule has 1 unspecified atom stereocenters. The lowest BCUT2D eigenvalue weighted by Gasteiger charge is -2.19. The van der Waals surface area contributed by atoms with Crippen LogP contribution in [0.2, 0.25) is 0 Å². The number of nitrogens with zero attached hydrogens (tertiary/aromatic N) is 3. The first-order valence-electron chi connectivity index (χ1n) is 4.19. The molecule has 4 nitrogen and oxygen atoms in total. The predicted octanol–water partition coefficient (Wildman–Crippen LogP) is 1.29. The number of rotatable bonds is 0. The van der Waals surface area contributed by atoms with Crippen molar-refractivity contribution in [1.82, 2.24) is 0 Å². The Kier molecular flexibility index (Phi) is 2.33. The van der Waals surface area contributed by atoms with Gasteiger partial charge in [-0.3, -0.25) is 4.79 Å².